The zero-order valence-electron chi connectivity index (χ0n) is 8.21. The molecule has 74 valence electrons. The maximum atomic E-state index is 6.09. The molecule has 0 bridgehead atoms. The van der Waals surface area contributed by atoms with Gasteiger partial charge in [0.25, 0.3) is 0 Å². The molecule has 2 aromatic heterocycles. The summed E-state index contributed by atoms with van der Waals surface area (Å²) >= 11 is 6.09. The number of aryl methyl sites for hydroxylation is 1. The number of halogens is 1. The van der Waals surface area contributed by atoms with E-state index in [2.05, 4.69) is 16.4 Å². The molecule has 0 saturated carbocycles. The van der Waals surface area contributed by atoms with Gasteiger partial charge in [-0.15, -0.1) is 0 Å². The number of pyridine rings is 1. The number of rotatable bonds is 2. The largest absolute Gasteiger partial charge is 0.316 e. The zero-order chi connectivity index (χ0) is 10.1. The molecule has 2 heterocycles. The van der Waals surface area contributed by atoms with Crippen LogP contribution in [0.5, 0.6) is 0 Å². The normalized spacial score (nSPS) is 11.1. The number of fused-ring (bicyclic) bond motifs is 1. The minimum Gasteiger partial charge on any atom is -0.316 e. The Balaban J connectivity index is 2.68. The average molecular weight is 210 g/mol. The van der Waals surface area contributed by atoms with Gasteiger partial charge in [0, 0.05) is 18.3 Å². The minimum atomic E-state index is 0.693. The first-order chi connectivity index (χ1) is 6.74. The summed E-state index contributed by atoms with van der Waals surface area (Å²) in [5, 5.41) is 3.80. The lowest BCUT2D eigenvalue weighted by Crippen LogP contribution is -2.06. The lowest BCUT2D eigenvalue weighted by molar-refractivity contribution is 0.816. The van der Waals surface area contributed by atoms with Gasteiger partial charge < -0.3 is 5.32 Å². The number of nitrogens with zero attached hydrogens (tertiary/aromatic N) is 2. The fourth-order valence-corrected chi connectivity index (χ4v) is 1.72. The van der Waals surface area contributed by atoms with Gasteiger partial charge in [-0.3, -0.25) is 4.40 Å². The summed E-state index contributed by atoms with van der Waals surface area (Å²) in [6.07, 6.45) is 1.93. The Bertz CT molecular complexity index is 462. The first kappa shape index (κ1) is 9.49. The van der Waals surface area contributed by atoms with Crippen molar-refractivity contribution in [1.29, 1.82) is 0 Å². The highest BCUT2D eigenvalue weighted by atomic mass is 35.5. The van der Waals surface area contributed by atoms with Gasteiger partial charge in [0.05, 0.1) is 5.69 Å². The average Bonchev–Trinajstić information content (AvgIpc) is 2.46. The molecule has 0 aliphatic rings. The van der Waals surface area contributed by atoms with Crippen LogP contribution in [0.25, 0.3) is 5.65 Å². The number of hydrogen-bond donors (Lipinski definition) is 1. The van der Waals surface area contributed by atoms with E-state index in [4.69, 9.17) is 11.6 Å². The van der Waals surface area contributed by atoms with Gasteiger partial charge in [0.15, 0.2) is 0 Å². The maximum absolute atomic E-state index is 6.09. The van der Waals surface area contributed by atoms with Crippen molar-refractivity contribution in [3.05, 3.63) is 34.7 Å². The predicted molar refractivity (Wildman–Crippen MR) is 57.7 cm³/mol. The van der Waals surface area contributed by atoms with Crippen LogP contribution >= 0.6 is 11.6 Å². The van der Waals surface area contributed by atoms with Gasteiger partial charge in [0.1, 0.15) is 10.8 Å². The molecule has 0 amide bonds. The topological polar surface area (TPSA) is 29.3 Å². The summed E-state index contributed by atoms with van der Waals surface area (Å²) in [6, 6.07) is 4.03. The molecule has 2 aromatic rings. The van der Waals surface area contributed by atoms with Crippen molar-refractivity contribution in [1.82, 2.24) is 14.7 Å². The van der Waals surface area contributed by atoms with Crippen molar-refractivity contribution < 1.29 is 0 Å². The van der Waals surface area contributed by atoms with E-state index < -0.39 is 0 Å². The van der Waals surface area contributed by atoms with Gasteiger partial charge in [-0.1, -0.05) is 17.7 Å². The summed E-state index contributed by atoms with van der Waals surface area (Å²) < 4.78 is 1.91. The molecule has 0 aliphatic carbocycles. The molecule has 4 heteroatoms. The smallest absolute Gasteiger partial charge is 0.142 e. The Labute approximate surface area is 87.7 Å². The van der Waals surface area contributed by atoms with E-state index in [1.807, 2.05) is 30.6 Å². The Hall–Kier alpha value is -1.06. The summed E-state index contributed by atoms with van der Waals surface area (Å²) in [7, 11) is 1.92. The Morgan fingerprint density at radius 1 is 1.57 bits per heavy atom. The quantitative estimate of drug-likeness (QED) is 0.820. The summed E-state index contributed by atoms with van der Waals surface area (Å²) in [4.78, 5) is 4.42. The van der Waals surface area contributed by atoms with Crippen LogP contribution in [0.1, 0.15) is 11.3 Å². The van der Waals surface area contributed by atoms with Gasteiger partial charge >= 0.3 is 0 Å². The van der Waals surface area contributed by atoms with Gasteiger partial charge in [0.2, 0.25) is 0 Å². The van der Waals surface area contributed by atoms with E-state index >= 15 is 0 Å². The Morgan fingerprint density at radius 3 is 3.07 bits per heavy atom. The first-order valence-electron chi connectivity index (χ1n) is 4.50. The third-order valence-electron chi connectivity index (χ3n) is 2.20. The molecule has 3 nitrogen and oxygen atoms in total. The lowest BCUT2D eigenvalue weighted by atomic mass is 10.2. The monoisotopic (exact) mass is 209 g/mol. The number of imidazole rings is 1. The second-order valence-electron chi connectivity index (χ2n) is 3.25. The molecule has 0 spiro atoms. The van der Waals surface area contributed by atoms with Crippen molar-refractivity contribution in [2.45, 2.75) is 13.5 Å². The van der Waals surface area contributed by atoms with Crippen LogP contribution in [0.2, 0.25) is 5.15 Å². The van der Waals surface area contributed by atoms with Crippen LogP contribution in [0.15, 0.2) is 18.3 Å². The molecule has 0 fully saturated rings. The van der Waals surface area contributed by atoms with Crippen LogP contribution in [-0.2, 0) is 6.54 Å². The third kappa shape index (κ3) is 1.38. The Kier molecular flexibility index (Phi) is 2.44. The predicted octanol–water partition coefficient (Wildman–Crippen LogP) is 2.02. The van der Waals surface area contributed by atoms with Crippen LogP contribution in [0, 0.1) is 6.92 Å². The molecule has 0 aromatic carbocycles. The van der Waals surface area contributed by atoms with Crippen molar-refractivity contribution in [2.24, 2.45) is 0 Å². The zero-order valence-corrected chi connectivity index (χ0v) is 8.97. The number of hydrogen-bond acceptors (Lipinski definition) is 2. The molecule has 0 atom stereocenters. The highest BCUT2D eigenvalue weighted by Gasteiger charge is 2.08. The van der Waals surface area contributed by atoms with Crippen LogP contribution < -0.4 is 5.32 Å². The second-order valence-corrected chi connectivity index (χ2v) is 3.60. The summed E-state index contributed by atoms with van der Waals surface area (Å²) in [5.74, 6) is 0. The lowest BCUT2D eigenvalue weighted by Gasteiger charge is -2.02. The van der Waals surface area contributed by atoms with Crippen LogP contribution in [0.3, 0.4) is 0 Å². The van der Waals surface area contributed by atoms with Crippen LogP contribution in [-0.4, -0.2) is 16.4 Å². The highest BCUT2D eigenvalue weighted by Crippen LogP contribution is 2.19. The summed E-state index contributed by atoms with van der Waals surface area (Å²) in [5.41, 5.74) is 2.96. The maximum Gasteiger partial charge on any atom is 0.142 e. The molecule has 0 aliphatic heterocycles. The van der Waals surface area contributed by atoms with Crippen molar-refractivity contribution in [2.75, 3.05) is 7.05 Å². The van der Waals surface area contributed by atoms with E-state index in [0.717, 1.165) is 23.4 Å². The van der Waals surface area contributed by atoms with E-state index in [9.17, 15) is 0 Å². The van der Waals surface area contributed by atoms with E-state index in [1.54, 1.807) is 0 Å². The molecule has 0 unspecified atom stereocenters. The molecule has 14 heavy (non-hydrogen) atoms. The van der Waals surface area contributed by atoms with E-state index in [0.29, 0.717) is 5.15 Å². The van der Waals surface area contributed by atoms with E-state index in [1.165, 1.54) is 0 Å². The SMILES string of the molecule is CNCc1cccn2c(Cl)c(C)nc12. The van der Waals surface area contributed by atoms with Crippen LogP contribution in [0.4, 0.5) is 0 Å². The first-order valence-corrected chi connectivity index (χ1v) is 4.88. The Morgan fingerprint density at radius 2 is 2.36 bits per heavy atom. The molecule has 0 saturated heterocycles. The number of nitrogens with one attached hydrogen (secondary N) is 1. The molecule has 0 radical (unpaired) electrons. The third-order valence-corrected chi connectivity index (χ3v) is 2.65. The highest BCUT2D eigenvalue weighted by molar-refractivity contribution is 6.30. The van der Waals surface area contributed by atoms with Crippen molar-refractivity contribution in [3.8, 4) is 0 Å². The van der Waals surface area contributed by atoms with Gasteiger partial charge in [-0.2, -0.15) is 0 Å². The molecular formula is C10H12ClN3. The standard InChI is InChI=1S/C10H12ClN3/c1-7-9(11)14-5-3-4-8(6-12-2)10(14)13-7/h3-5,12H,6H2,1-2H3. The molecule has 2 rings (SSSR count). The van der Waals surface area contributed by atoms with Gasteiger partial charge in [-0.05, 0) is 20.0 Å². The fraction of sp³-hybridized carbons (Fsp3) is 0.300. The second kappa shape index (κ2) is 3.59. The van der Waals surface area contributed by atoms with Crippen molar-refractivity contribution in [3.63, 3.8) is 0 Å². The van der Waals surface area contributed by atoms with E-state index in [-0.39, 0.29) is 0 Å². The minimum absolute atomic E-state index is 0.693. The van der Waals surface area contributed by atoms with Crippen molar-refractivity contribution >= 4 is 17.2 Å². The van der Waals surface area contributed by atoms with Gasteiger partial charge in [-0.25, -0.2) is 4.98 Å². The number of aromatic nitrogens is 2. The molecule has 1 N–H and O–H groups in total. The molecular weight excluding hydrogens is 198 g/mol. The summed E-state index contributed by atoms with van der Waals surface area (Å²) in [6.45, 7) is 2.72. The fourth-order valence-electron chi connectivity index (χ4n) is 1.54.